The molecule has 90 valence electrons. The van der Waals surface area contributed by atoms with E-state index in [-0.39, 0.29) is 12.2 Å². The smallest absolute Gasteiger partial charge is 0.166 e. The Morgan fingerprint density at radius 2 is 1.94 bits per heavy atom. The first-order valence-electron chi connectivity index (χ1n) is 5.44. The van der Waals surface area contributed by atoms with Gasteiger partial charge in [-0.2, -0.15) is 0 Å². The summed E-state index contributed by atoms with van der Waals surface area (Å²) in [5.74, 6) is -1.47. The highest BCUT2D eigenvalue weighted by molar-refractivity contribution is 5.96. The van der Waals surface area contributed by atoms with E-state index in [9.17, 15) is 13.6 Å². The van der Waals surface area contributed by atoms with Crippen LogP contribution in [0.3, 0.4) is 0 Å². The van der Waals surface area contributed by atoms with Gasteiger partial charge in [-0.05, 0) is 30.5 Å². The number of hydrogen-bond donors (Lipinski definition) is 0. The van der Waals surface area contributed by atoms with Crippen LogP contribution >= 0.6 is 0 Å². The Morgan fingerprint density at radius 3 is 2.53 bits per heavy atom. The predicted octanol–water partition coefficient (Wildman–Crippen LogP) is 2.77. The quantitative estimate of drug-likeness (QED) is 0.809. The molecule has 1 aromatic carbocycles. The summed E-state index contributed by atoms with van der Waals surface area (Å²) in [7, 11) is 0. The van der Waals surface area contributed by atoms with E-state index in [1.807, 2.05) is 0 Å². The van der Waals surface area contributed by atoms with E-state index >= 15 is 0 Å². The number of carbonyl (C=O) groups excluding carboxylic acids is 1. The first-order valence-corrected chi connectivity index (χ1v) is 5.44. The minimum absolute atomic E-state index is 0.00384. The summed E-state index contributed by atoms with van der Waals surface area (Å²) in [6.07, 6.45) is 2.91. The minimum Gasteiger partial charge on any atom is -0.501 e. The second-order valence-electron chi connectivity index (χ2n) is 4.00. The van der Waals surface area contributed by atoms with E-state index in [0.717, 1.165) is 12.5 Å². The van der Waals surface area contributed by atoms with Gasteiger partial charge in [-0.3, -0.25) is 4.79 Å². The van der Waals surface area contributed by atoms with Crippen LogP contribution in [-0.4, -0.2) is 12.4 Å². The van der Waals surface area contributed by atoms with Gasteiger partial charge in [0.1, 0.15) is 11.6 Å². The molecule has 1 aliphatic heterocycles. The topological polar surface area (TPSA) is 26.3 Å². The molecule has 0 radical (unpaired) electrons. The molecule has 0 spiro atoms. The molecule has 0 atom stereocenters. The van der Waals surface area contributed by atoms with Gasteiger partial charge >= 0.3 is 0 Å². The van der Waals surface area contributed by atoms with Crippen molar-refractivity contribution in [1.29, 1.82) is 0 Å². The van der Waals surface area contributed by atoms with Crippen molar-refractivity contribution in [3.8, 4) is 0 Å². The highest BCUT2D eigenvalue weighted by Crippen LogP contribution is 2.16. The third-order valence-corrected chi connectivity index (χ3v) is 2.58. The van der Waals surface area contributed by atoms with Crippen molar-refractivity contribution in [1.82, 2.24) is 0 Å². The van der Waals surface area contributed by atoms with Crippen LogP contribution in [0.15, 0.2) is 30.0 Å². The molecular formula is C13H12F2O2. The number of Topliss-reactive ketones (excluding diaryl/α,β-unsaturated/α-hetero) is 1. The molecule has 0 saturated heterocycles. The Kier molecular flexibility index (Phi) is 3.52. The number of ether oxygens (including phenoxy) is 1. The predicted molar refractivity (Wildman–Crippen MR) is 58.3 cm³/mol. The van der Waals surface area contributed by atoms with Crippen LogP contribution in [0.2, 0.25) is 0 Å². The summed E-state index contributed by atoms with van der Waals surface area (Å²) in [6, 6.07) is 3.13. The van der Waals surface area contributed by atoms with E-state index in [0.29, 0.717) is 24.2 Å². The van der Waals surface area contributed by atoms with Crippen LogP contribution in [0.25, 0.3) is 0 Å². The lowest BCUT2D eigenvalue weighted by Crippen LogP contribution is -2.11. The van der Waals surface area contributed by atoms with Crippen LogP contribution in [0, 0.1) is 11.6 Å². The molecule has 0 aliphatic carbocycles. The Balaban J connectivity index is 2.09. The maximum Gasteiger partial charge on any atom is 0.166 e. The number of benzene rings is 1. The molecular weight excluding hydrogens is 226 g/mol. The van der Waals surface area contributed by atoms with E-state index in [1.165, 1.54) is 18.4 Å². The van der Waals surface area contributed by atoms with Crippen molar-refractivity contribution in [2.75, 3.05) is 6.61 Å². The molecule has 0 unspecified atom stereocenters. The number of hydrogen-bond acceptors (Lipinski definition) is 2. The zero-order valence-corrected chi connectivity index (χ0v) is 9.21. The van der Waals surface area contributed by atoms with Crippen LogP contribution in [0.5, 0.6) is 0 Å². The highest BCUT2D eigenvalue weighted by Gasteiger charge is 2.14. The molecule has 1 heterocycles. The zero-order valence-electron chi connectivity index (χ0n) is 9.21. The van der Waals surface area contributed by atoms with Crippen molar-refractivity contribution < 1.29 is 18.3 Å². The Morgan fingerprint density at radius 1 is 1.24 bits per heavy atom. The van der Waals surface area contributed by atoms with Crippen molar-refractivity contribution in [3.05, 3.63) is 47.2 Å². The summed E-state index contributed by atoms with van der Waals surface area (Å²) < 4.78 is 30.9. The third-order valence-electron chi connectivity index (χ3n) is 2.58. The first kappa shape index (κ1) is 11.8. The van der Waals surface area contributed by atoms with Gasteiger partial charge in [-0.15, -0.1) is 0 Å². The molecule has 0 saturated carbocycles. The number of ketones is 1. The van der Waals surface area contributed by atoms with Crippen LogP contribution < -0.4 is 0 Å². The van der Waals surface area contributed by atoms with Crippen molar-refractivity contribution >= 4 is 5.78 Å². The van der Waals surface area contributed by atoms with Gasteiger partial charge in [-0.1, -0.05) is 0 Å². The molecule has 0 aromatic heterocycles. The third kappa shape index (κ3) is 3.12. The average molecular weight is 238 g/mol. The Bertz CT molecular complexity index is 446. The van der Waals surface area contributed by atoms with E-state index in [2.05, 4.69) is 0 Å². The molecule has 4 heteroatoms. The monoisotopic (exact) mass is 238 g/mol. The number of halogens is 2. The summed E-state index contributed by atoms with van der Waals surface area (Å²) in [5.41, 5.74) is 0.930. The number of rotatable bonds is 3. The summed E-state index contributed by atoms with van der Waals surface area (Å²) in [4.78, 5) is 11.8. The lowest BCUT2D eigenvalue weighted by molar-refractivity contribution is -0.115. The Labute approximate surface area is 97.9 Å². The van der Waals surface area contributed by atoms with Gasteiger partial charge in [-0.25, -0.2) is 8.78 Å². The molecule has 1 aromatic rings. The second kappa shape index (κ2) is 5.08. The molecule has 0 amide bonds. The van der Waals surface area contributed by atoms with Crippen molar-refractivity contribution in [2.45, 2.75) is 19.3 Å². The van der Waals surface area contributed by atoms with E-state index < -0.39 is 11.6 Å². The minimum atomic E-state index is -0.665. The fourth-order valence-electron chi connectivity index (χ4n) is 1.78. The van der Waals surface area contributed by atoms with Crippen molar-refractivity contribution in [2.24, 2.45) is 0 Å². The highest BCUT2D eigenvalue weighted by atomic mass is 19.1. The van der Waals surface area contributed by atoms with Gasteiger partial charge in [0.25, 0.3) is 0 Å². The lowest BCUT2D eigenvalue weighted by Gasteiger charge is -2.12. The zero-order chi connectivity index (χ0) is 12.3. The van der Waals surface area contributed by atoms with Gasteiger partial charge in [0.15, 0.2) is 5.78 Å². The van der Waals surface area contributed by atoms with Gasteiger partial charge < -0.3 is 4.74 Å². The van der Waals surface area contributed by atoms with E-state index in [1.54, 1.807) is 0 Å². The van der Waals surface area contributed by atoms with Crippen LogP contribution in [-0.2, 0) is 16.0 Å². The van der Waals surface area contributed by atoms with Gasteiger partial charge in [0, 0.05) is 18.1 Å². The van der Waals surface area contributed by atoms with Crippen LogP contribution in [0.4, 0.5) is 8.78 Å². The average Bonchev–Trinajstić information content (AvgIpc) is 2.28. The molecule has 2 nitrogen and oxygen atoms in total. The summed E-state index contributed by atoms with van der Waals surface area (Å²) >= 11 is 0. The fourth-order valence-corrected chi connectivity index (χ4v) is 1.78. The van der Waals surface area contributed by atoms with Crippen LogP contribution in [0.1, 0.15) is 18.4 Å². The number of carbonyl (C=O) groups is 1. The second-order valence-corrected chi connectivity index (χ2v) is 4.00. The molecule has 1 aliphatic rings. The summed E-state index contributed by atoms with van der Waals surface area (Å²) in [6.45, 7) is 0.616. The number of allylic oxidation sites excluding steroid dienone is 1. The molecule has 0 bridgehead atoms. The maximum atomic E-state index is 12.9. The SMILES string of the molecule is O=C(Cc1cc(F)cc(F)c1)C1=COCCC1. The molecule has 0 N–H and O–H groups in total. The normalized spacial score (nSPS) is 15.1. The van der Waals surface area contributed by atoms with E-state index in [4.69, 9.17) is 4.74 Å². The van der Waals surface area contributed by atoms with Gasteiger partial charge in [0.2, 0.25) is 0 Å². The summed E-state index contributed by atoms with van der Waals surface area (Å²) in [5, 5.41) is 0. The maximum absolute atomic E-state index is 12.9. The Hall–Kier alpha value is -1.71. The fraction of sp³-hybridized carbons (Fsp3) is 0.308. The molecule has 2 rings (SSSR count). The molecule has 17 heavy (non-hydrogen) atoms. The van der Waals surface area contributed by atoms with Gasteiger partial charge in [0.05, 0.1) is 12.9 Å². The standard InChI is InChI=1S/C13H12F2O2/c14-11-4-9(5-12(15)7-11)6-13(16)10-2-1-3-17-8-10/h4-5,7-8H,1-3,6H2. The van der Waals surface area contributed by atoms with Crippen molar-refractivity contribution in [3.63, 3.8) is 0 Å². The lowest BCUT2D eigenvalue weighted by atomic mass is 10.00. The largest absolute Gasteiger partial charge is 0.501 e. The first-order chi connectivity index (χ1) is 8.15. The molecule has 0 fully saturated rings.